The summed E-state index contributed by atoms with van der Waals surface area (Å²) < 4.78 is 28.9. The number of halogens is 1. The minimum absolute atomic E-state index is 0.0259. The highest BCUT2D eigenvalue weighted by atomic mass is 35.5. The van der Waals surface area contributed by atoms with Crippen LogP contribution in [0.1, 0.15) is 24.8 Å². The third-order valence-corrected chi connectivity index (χ3v) is 7.58. The Bertz CT molecular complexity index is 1170. The number of anilines is 1. The van der Waals surface area contributed by atoms with Crippen molar-refractivity contribution >= 4 is 33.2 Å². The maximum atomic E-state index is 12.8. The molecule has 1 aliphatic heterocycles. The van der Waals surface area contributed by atoms with Crippen LogP contribution in [0.15, 0.2) is 65.8 Å². The largest absolute Gasteiger partial charge is 0.326 e. The number of aryl methyl sites for hydroxylation is 1. The average Bonchev–Trinajstić information content (AvgIpc) is 3.47. The lowest BCUT2D eigenvalue weighted by molar-refractivity contribution is -0.116. The molecule has 9 heteroatoms. The van der Waals surface area contributed by atoms with E-state index in [1.165, 1.54) is 16.4 Å². The van der Waals surface area contributed by atoms with Crippen molar-refractivity contribution < 1.29 is 13.2 Å². The van der Waals surface area contributed by atoms with E-state index >= 15 is 0 Å². The summed E-state index contributed by atoms with van der Waals surface area (Å²) in [5.41, 5.74) is 2.30. The number of para-hydroxylation sites is 1. The number of hydrogen-bond acceptors (Lipinski definition) is 4. The number of nitrogens with one attached hydrogen (secondary N) is 1. The van der Waals surface area contributed by atoms with Gasteiger partial charge in [0.2, 0.25) is 15.9 Å². The highest BCUT2D eigenvalue weighted by Crippen LogP contribution is 2.29. The second-order valence-corrected chi connectivity index (χ2v) is 9.75. The number of rotatable bonds is 7. The summed E-state index contributed by atoms with van der Waals surface area (Å²) in [6.07, 6.45) is 6.08. The number of amides is 1. The van der Waals surface area contributed by atoms with Crippen LogP contribution in [0.2, 0.25) is 5.02 Å². The Morgan fingerprint density at radius 2 is 1.84 bits per heavy atom. The van der Waals surface area contributed by atoms with Crippen LogP contribution in [0.3, 0.4) is 0 Å². The van der Waals surface area contributed by atoms with Gasteiger partial charge in [-0.05, 0) is 55.2 Å². The molecule has 1 aromatic heterocycles. The zero-order chi connectivity index (χ0) is 21.8. The number of carbonyl (C=O) groups excluding carboxylic acids is 1. The zero-order valence-corrected chi connectivity index (χ0v) is 18.4. The van der Waals surface area contributed by atoms with Gasteiger partial charge in [-0.3, -0.25) is 4.79 Å². The van der Waals surface area contributed by atoms with Crippen LogP contribution in [0.25, 0.3) is 5.69 Å². The lowest BCUT2D eigenvalue weighted by Crippen LogP contribution is -2.28. The molecule has 1 fully saturated rings. The molecule has 0 spiro atoms. The normalized spacial score (nSPS) is 14.6. The molecule has 31 heavy (non-hydrogen) atoms. The van der Waals surface area contributed by atoms with Gasteiger partial charge in [0.05, 0.1) is 16.9 Å². The lowest BCUT2D eigenvalue weighted by atomic mass is 10.2. The van der Waals surface area contributed by atoms with Gasteiger partial charge < -0.3 is 5.32 Å². The fourth-order valence-electron chi connectivity index (χ4n) is 3.54. The topological polar surface area (TPSA) is 84.3 Å². The molecule has 1 amide bonds. The summed E-state index contributed by atoms with van der Waals surface area (Å²) in [4.78, 5) is 12.5. The molecule has 1 saturated heterocycles. The number of carbonyl (C=O) groups is 1. The Balaban J connectivity index is 1.39. The molecule has 4 rings (SSSR count). The van der Waals surface area contributed by atoms with Crippen LogP contribution in [-0.4, -0.2) is 41.5 Å². The molecule has 3 aromatic rings. The molecule has 0 atom stereocenters. The van der Waals surface area contributed by atoms with E-state index in [2.05, 4.69) is 10.4 Å². The van der Waals surface area contributed by atoms with Crippen molar-refractivity contribution in [1.29, 1.82) is 0 Å². The predicted molar refractivity (Wildman–Crippen MR) is 120 cm³/mol. The molecule has 7 nitrogen and oxygen atoms in total. The van der Waals surface area contributed by atoms with Crippen molar-refractivity contribution in [2.45, 2.75) is 30.6 Å². The van der Waals surface area contributed by atoms with Gasteiger partial charge in [-0.25, -0.2) is 13.1 Å². The average molecular weight is 459 g/mol. The first-order valence-electron chi connectivity index (χ1n) is 10.1. The minimum atomic E-state index is -3.67. The first-order chi connectivity index (χ1) is 14.9. The molecule has 0 aliphatic carbocycles. The molecule has 0 unspecified atom stereocenters. The predicted octanol–water partition coefficient (Wildman–Crippen LogP) is 3.88. The molecule has 2 heterocycles. The SMILES string of the molecule is O=C(CCc1cnn(-c2ccccc2)c1)Nc1ccc(Cl)c(S(=O)(=O)N2CCCC2)c1. The van der Waals surface area contributed by atoms with Gasteiger partial charge >= 0.3 is 0 Å². The Labute approximate surface area is 186 Å². The Hall–Kier alpha value is -2.68. The van der Waals surface area contributed by atoms with Crippen molar-refractivity contribution in [2.75, 3.05) is 18.4 Å². The number of benzene rings is 2. The summed E-state index contributed by atoms with van der Waals surface area (Å²) in [7, 11) is -3.67. The summed E-state index contributed by atoms with van der Waals surface area (Å²) in [5.74, 6) is -0.209. The summed E-state index contributed by atoms with van der Waals surface area (Å²) in [6.45, 7) is 0.984. The number of nitrogens with zero attached hydrogens (tertiary/aromatic N) is 3. The third kappa shape index (κ3) is 4.98. The van der Waals surface area contributed by atoms with E-state index in [4.69, 9.17) is 11.6 Å². The van der Waals surface area contributed by atoms with E-state index in [0.717, 1.165) is 24.1 Å². The Kier molecular flexibility index (Phi) is 6.41. The van der Waals surface area contributed by atoms with E-state index in [1.54, 1.807) is 16.9 Å². The van der Waals surface area contributed by atoms with Gasteiger partial charge in [0.15, 0.2) is 0 Å². The molecule has 1 aliphatic rings. The molecule has 162 valence electrons. The standard InChI is InChI=1S/C22H23ClN4O3S/c23-20-10-9-18(14-21(20)31(29,30)26-12-4-5-13-26)25-22(28)11-8-17-15-24-27(16-17)19-6-2-1-3-7-19/h1-3,6-7,9-10,14-16H,4-5,8,11-13H2,(H,25,28). The third-order valence-electron chi connectivity index (χ3n) is 5.20. The number of hydrogen-bond donors (Lipinski definition) is 1. The summed E-state index contributed by atoms with van der Waals surface area (Å²) >= 11 is 6.16. The maximum absolute atomic E-state index is 12.8. The highest BCUT2D eigenvalue weighted by molar-refractivity contribution is 7.89. The summed E-state index contributed by atoms with van der Waals surface area (Å²) in [5, 5.41) is 7.26. The second kappa shape index (κ2) is 9.21. The molecular formula is C22H23ClN4O3S. The van der Waals surface area contributed by atoms with Gasteiger partial charge in [-0.15, -0.1) is 0 Å². The van der Waals surface area contributed by atoms with E-state index in [1.807, 2.05) is 36.5 Å². The van der Waals surface area contributed by atoms with Crippen LogP contribution >= 0.6 is 11.6 Å². The van der Waals surface area contributed by atoms with Gasteiger partial charge in [-0.1, -0.05) is 29.8 Å². The minimum Gasteiger partial charge on any atom is -0.326 e. The zero-order valence-electron chi connectivity index (χ0n) is 16.9. The molecule has 1 N–H and O–H groups in total. The monoisotopic (exact) mass is 458 g/mol. The maximum Gasteiger partial charge on any atom is 0.244 e. The fourth-order valence-corrected chi connectivity index (χ4v) is 5.56. The Morgan fingerprint density at radius 3 is 2.58 bits per heavy atom. The first kappa shape index (κ1) is 21.5. The lowest BCUT2D eigenvalue weighted by Gasteiger charge is -2.17. The van der Waals surface area contributed by atoms with Crippen molar-refractivity contribution in [3.05, 3.63) is 71.5 Å². The first-order valence-corrected chi connectivity index (χ1v) is 11.9. The van der Waals surface area contributed by atoms with Crippen LogP contribution in [0.4, 0.5) is 5.69 Å². The summed E-state index contributed by atoms with van der Waals surface area (Å²) in [6, 6.07) is 14.3. The number of sulfonamides is 1. The number of aromatic nitrogens is 2. The fraction of sp³-hybridized carbons (Fsp3) is 0.273. The van der Waals surface area contributed by atoms with Crippen LogP contribution < -0.4 is 5.32 Å². The van der Waals surface area contributed by atoms with Crippen molar-refractivity contribution in [3.63, 3.8) is 0 Å². The van der Waals surface area contributed by atoms with Crippen LogP contribution in [0, 0.1) is 0 Å². The van der Waals surface area contributed by atoms with Crippen molar-refractivity contribution in [2.24, 2.45) is 0 Å². The van der Waals surface area contributed by atoms with Crippen LogP contribution in [-0.2, 0) is 21.2 Å². The van der Waals surface area contributed by atoms with E-state index in [0.29, 0.717) is 25.2 Å². The van der Waals surface area contributed by atoms with Crippen molar-refractivity contribution in [3.8, 4) is 5.69 Å². The van der Waals surface area contributed by atoms with E-state index < -0.39 is 10.0 Å². The molecule has 2 aromatic carbocycles. The molecule has 0 radical (unpaired) electrons. The highest BCUT2D eigenvalue weighted by Gasteiger charge is 2.29. The van der Waals surface area contributed by atoms with Gasteiger partial charge in [0.25, 0.3) is 0 Å². The smallest absolute Gasteiger partial charge is 0.244 e. The van der Waals surface area contributed by atoms with Gasteiger partial charge in [0, 0.05) is 31.4 Å². The molecular weight excluding hydrogens is 436 g/mol. The molecule has 0 bridgehead atoms. The quantitative estimate of drug-likeness (QED) is 0.582. The Morgan fingerprint density at radius 1 is 1.10 bits per heavy atom. The van der Waals surface area contributed by atoms with Gasteiger partial charge in [0.1, 0.15) is 4.90 Å². The van der Waals surface area contributed by atoms with E-state index in [-0.39, 0.29) is 22.2 Å². The second-order valence-electron chi connectivity index (χ2n) is 7.43. The van der Waals surface area contributed by atoms with Crippen molar-refractivity contribution in [1.82, 2.24) is 14.1 Å². The van der Waals surface area contributed by atoms with Gasteiger partial charge in [-0.2, -0.15) is 9.40 Å². The van der Waals surface area contributed by atoms with E-state index in [9.17, 15) is 13.2 Å². The van der Waals surface area contributed by atoms with Crippen LogP contribution in [0.5, 0.6) is 0 Å². The molecule has 0 saturated carbocycles.